The Hall–Kier alpha value is -9.68. The smallest absolute Gasteiger partial charge is 0.240 e. The SMILES string of the molecule is C=C/C=C\C=C(/C)n1c2ccccc2c2c1ccc1c3cc(C#N)ccc3n(-c3nc(-c4cccc([Si](c5ccccc5)(c5ccccc5)c5ccccc5)c4)nc(-n4c5ccccc5c5ccccc54)n3)c12. The van der Waals surface area contributed by atoms with Gasteiger partial charge in [0.15, 0.2) is 13.9 Å². The molecule has 73 heavy (non-hydrogen) atoms. The first-order chi connectivity index (χ1) is 36.1. The highest BCUT2D eigenvalue weighted by atomic mass is 28.3. The van der Waals surface area contributed by atoms with Gasteiger partial charge in [-0.3, -0.25) is 9.13 Å². The van der Waals surface area contributed by atoms with Crippen molar-refractivity contribution in [2.75, 3.05) is 0 Å². The Morgan fingerprint density at radius 1 is 0.479 bits per heavy atom. The molecule has 0 atom stereocenters. The topological polar surface area (TPSA) is 77.2 Å². The Morgan fingerprint density at radius 3 is 1.63 bits per heavy atom. The predicted octanol–water partition coefficient (Wildman–Crippen LogP) is 12.7. The number of para-hydroxylation sites is 3. The van der Waals surface area contributed by atoms with Gasteiger partial charge in [-0.25, -0.2) is 0 Å². The molecule has 0 aliphatic carbocycles. The number of fused-ring (bicyclic) bond motifs is 10. The fourth-order valence-electron chi connectivity index (χ4n) is 11.3. The van der Waals surface area contributed by atoms with Crippen LogP contribution < -0.4 is 20.7 Å². The van der Waals surface area contributed by atoms with Gasteiger partial charge in [-0.2, -0.15) is 20.2 Å². The van der Waals surface area contributed by atoms with Crippen molar-refractivity contribution in [2.24, 2.45) is 0 Å². The van der Waals surface area contributed by atoms with Crippen molar-refractivity contribution in [3.8, 4) is 29.4 Å². The molecule has 0 saturated carbocycles. The van der Waals surface area contributed by atoms with E-state index in [1.54, 1.807) is 6.08 Å². The third kappa shape index (κ3) is 6.82. The van der Waals surface area contributed by atoms with Gasteiger partial charge < -0.3 is 4.57 Å². The molecule has 9 aromatic carbocycles. The predicted molar refractivity (Wildman–Crippen MR) is 305 cm³/mol. The minimum Gasteiger partial charge on any atom is -0.313 e. The number of nitriles is 1. The van der Waals surface area contributed by atoms with E-state index in [1.165, 1.54) is 20.7 Å². The lowest BCUT2D eigenvalue weighted by molar-refractivity contribution is 0.894. The Kier molecular flexibility index (Phi) is 10.5. The van der Waals surface area contributed by atoms with Crippen LogP contribution >= 0.6 is 0 Å². The van der Waals surface area contributed by atoms with Gasteiger partial charge >= 0.3 is 0 Å². The summed E-state index contributed by atoms with van der Waals surface area (Å²) in [4.78, 5) is 16.7. The van der Waals surface area contributed by atoms with Crippen molar-refractivity contribution in [1.82, 2.24) is 28.7 Å². The number of rotatable bonds is 10. The summed E-state index contributed by atoms with van der Waals surface area (Å²) >= 11 is 0. The first-order valence-electron chi connectivity index (χ1n) is 24.5. The number of benzene rings is 9. The molecule has 0 bridgehead atoms. The number of hydrogen-bond donors (Lipinski definition) is 0. The lowest BCUT2D eigenvalue weighted by atomic mass is 10.1. The summed E-state index contributed by atoms with van der Waals surface area (Å²) in [5.41, 5.74) is 8.39. The fourth-order valence-corrected chi connectivity index (χ4v) is 16.1. The minimum atomic E-state index is -2.95. The van der Waals surface area contributed by atoms with E-state index in [0.29, 0.717) is 23.3 Å². The second-order valence-electron chi connectivity index (χ2n) is 18.4. The molecule has 0 N–H and O–H groups in total. The van der Waals surface area contributed by atoms with E-state index in [4.69, 9.17) is 15.0 Å². The van der Waals surface area contributed by atoms with E-state index in [2.05, 4.69) is 240 Å². The van der Waals surface area contributed by atoms with Crippen molar-refractivity contribution >= 4 is 99.9 Å². The van der Waals surface area contributed by atoms with Crippen molar-refractivity contribution in [1.29, 1.82) is 5.26 Å². The largest absolute Gasteiger partial charge is 0.313 e. The Labute approximate surface area is 422 Å². The van der Waals surface area contributed by atoms with Crippen molar-refractivity contribution in [3.63, 3.8) is 0 Å². The molecule has 0 saturated heterocycles. The summed E-state index contributed by atoms with van der Waals surface area (Å²) in [6.07, 6.45) is 7.86. The van der Waals surface area contributed by atoms with Gasteiger partial charge in [0, 0.05) is 43.6 Å². The first-order valence-corrected chi connectivity index (χ1v) is 26.5. The molecule has 7 nitrogen and oxygen atoms in total. The van der Waals surface area contributed by atoms with Gasteiger partial charge in [0.1, 0.15) is 0 Å². The summed E-state index contributed by atoms with van der Waals surface area (Å²) in [5, 5.41) is 21.6. The van der Waals surface area contributed by atoms with Crippen LogP contribution in [-0.4, -0.2) is 36.7 Å². The summed E-state index contributed by atoms with van der Waals surface area (Å²) < 4.78 is 6.69. The lowest BCUT2D eigenvalue weighted by Crippen LogP contribution is -2.74. The van der Waals surface area contributed by atoms with E-state index in [1.807, 2.05) is 30.4 Å². The molecule has 0 unspecified atom stereocenters. The van der Waals surface area contributed by atoms with Crippen LogP contribution in [0.3, 0.4) is 0 Å². The third-order valence-corrected chi connectivity index (χ3v) is 19.2. The maximum atomic E-state index is 10.3. The first kappa shape index (κ1) is 43.3. The van der Waals surface area contributed by atoms with Crippen molar-refractivity contribution < 1.29 is 0 Å². The van der Waals surface area contributed by atoms with E-state index in [0.717, 1.165) is 76.7 Å². The van der Waals surface area contributed by atoms with Gasteiger partial charge in [-0.1, -0.05) is 201 Å². The third-order valence-electron chi connectivity index (χ3n) is 14.4. The standard InChI is InChI=1S/C65H45N7Si/c1-3-4-8-22-44(2)70-58-36-20-17-33-54(58)61-60(70)40-38-53-55-41-45(43-66)37-39-59(55)72(62(53)61)65-68-63(67-64(69-65)71-56-34-18-15-31-51(56)52-32-16-19-35-57(52)71)46-23-21-30-50(42-46)73(47-24-9-5-10-25-47,48-26-11-6-12-27-48)49-28-13-7-14-29-49/h3-42H,1H2,2H3/b8-4-,44-22+. The number of allylic oxidation sites excluding steroid dienone is 5. The molecule has 0 fully saturated rings. The molecule has 0 aliphatic rings. The Balaban J connectivity index is 1.16. The maximum Gasteiger partial charge on any atom is 0.240 e. The van der Waals surface area contributed by atoms with Crippen LogP contribution in [0.4, 0.5) is 0 Å². The van der Waals surface area contributed by atoms with E-state index in [-0.39, 0.29) is 0 Å². The van der Waals surface area contributed by atoms with E-state index < -0.39 is 8.07 Å². The van der Waals surface area contributed by atoms with Gasteiger partial charge in [0.2, 0.25) is 11.9 Å². The molecule has 0 spiro atoms. The van der Waals surface area contributed by atoms with Crippen LogP contribution in [0.15, 0.2) is 249 Å². The molecular weight excluding hydrogens is 907 g/mol. The molecule has 13 rings (SSSR count). The summed E-state index contributed by atoms with van der Waals surface area (Å²) in [5.74, 6) is 1.48. The molecule has 0 aliphatic heterocycles. The zero-order valence-corrected chi connectivity index (χ0v) is 40.9. The van der Waals surface area contributed by atoms with Crippen LogP contribution in [0, 0.1) is 11.3 Å². The molecule has 8 heteroatoms. The van der Waals surface area contributed by atoms with E-state index >= 15 is 0 Å². The van der Waals surface area contributed by atoms with Crippen molar-refractivity contribution in [3.05, 3.63) is 255 Å². The number of hydrogen-bond acceptors (Lipinski definition) is 4. The lowest BCUT2D eigenvalue weighted by Gasteiger charge is -2.34. The highest BCUT2D eigenvalue weighted by molar-refractivity contribution is 7.19. The summed E-state index contributed by atoms with van der Waals surface area (Å²) in [6.45, 7) is 6.03. The van der Waals surface area contributed by atoms with Crippen LogP contribution in [0.5, 0.6) is 0 Å². The molecule has 0 amide bonds. The van der Waals surface area contributed by atoms with Crippen LogP contribution in [0.1, 0.15) is 12.5 Å². The summed E-state index contributed by atoms with van der Waals surface area (Å²) in [7, 11) is -2.95. The van der Waals surface area contributed by atoms with Crippen molar-refractivity contribution in [2.45, 2.75) is 6.92 Å². The second kappa shape index (κ2) is 17.6. The van der Waals surface area contributed by atoms with Crippen LogP contribution in [0.25, 0.3) is 94.4 Å². The zero-order valence-electron chi connectivity index (χ0n) is 39.9. The maximum absolute atomic E-state index is 10.3. The normalized spacial score (nSPS) is 12.2. The second-order valence-corrected chi connectivity index (χ2v) is 22.2. The fraction of sp³-hybridized carbons (Fsp3) is 0.0154. The molecule has 13 aromatic rings. The van der Waals surface area contributed by atoms with Gasteiger partial charge in [0.25, 0.3) is 0 Å². The van der Waals surface area contributed by atoms with Gasteiger partial charge in [0.05, 0.1) is 44.7 Å². The average Bonchev–Trinajstić information content (AvgIpc) is 4.10. The zero-order chi connectivity index (χ0) is 49.0. The van der Waals surface area contributed by atoms with E-state index in [9.17, 15) is 5.26 Å². The number of nitrogens with zero attached hydrogens (tertiary/aromatic N) is 7. The minimum absolute atomic E-state index is 0.458. The van der Waals surface area contributed by atoms with Gasteiger partial charge in [-0.05, 0) is 76.2 Å². The highest BCUT2D eigenvalue weighted by Crippen LogP contribution is 2.42. The molecule has 0 radical (unpaired) electrons. The molecule has 344 valence electrons. The molecule has 4 heterocycles. The van der Waals surface area contributed by atoms with Gasteiger partial charge in [-0.15, -0.1) is 0 Å². The quantitative estimate of drug-likeness (QED) is 0.0777. The average molecular weight is 952 g/mol. The van der Waals surface area contributed by atoms with Crippen LogP contribution in [0.2, 0.25) is 0 Å². The number of aromatic nitrogens is 6. The molecular formula is C65H45N7Si. The summed E-state index contributed by atoms with van der Waals surface area (Å²) in [6, 6.07) is 80.0. The Morgan fingerprint density at radius 2 is 1.01 bits per heavy atom. The highest BCUT2D eigenvalue weighted by Gasteiger charge is 2.41. The molecule has 4 aromatic heterocycles. The van der Waals surface area contributed by atoms with Crippen LogP contribution in [-0.2, 0) is 0 Å². The monoisotopic (exact) mass is 951 g/mol. The Bertz CT molecular complexity index is 4270.